The summed E-state index contributed by atoms with van der Waals surface area (Å²) in [4.78, 5) is 31.1. The molecular formula is C29H23N3O5S2. The molecule has 5 aromatic rings. The Morgan fingerprint density at radius 3 is 2.72 bits per heavy atom. The van der Waals surface area contributed by atoms with E-state index in [1.165, 1.54) is 35.2 Å². The number of rotatable bonds is 6. The van der Waals surface area contributed by atoms with Gasteiger partial charge in [0.2, 0.25) is 0 Å². The zero-order chi connectivity index (χ0) is 27.1. The first-order chi connectivity index (χ1) is 18.9. The average molecular weight is 558 g/mol. The molecule has 3 heterocycles. The molecule has 6 rings (SSSR count). The Morgan fingerprint density at radius 2 is 1.92 bits per heavy atom. The third kappa shape index (κ3) is 4.82. The van der Waals surface area contributed by atoms with Crippen LogP contribution < -0.4 is 10.3 Å². The first kappa shape index (κ1) is 25.3. The lowest BCUT2D eigenvalue weighted by molar-refractivity contribution is -0.385. The molecule has 8 nitrogen and oxygen atoms in total. The van der Waals surface area contributed by atoms with Crippen molar-refractivity contribution in [2.24, 2.45) is 0 Å². The van der Waals surface area contributed by atoms with E-state index in [9.17, 15) is 14.9 Å². The summed E-state index contributed by atoms with van der Waals surface area (Å²) in [5.41, 5.74) is 5.49. The second kappa shape index (κ2) is 10.3. The van der Waals surface area contributed by atoms with Crippen LogP contribution in [0.2, 0.25) is 0 Å². The number of thioether (sulfide) groups is 1. The van der Waals surface area contributed by atoms with Crippen molar-refractivity contribution in [1.29, 1.82) is 0 Å². The molecule has 3 aromatic carbocycles. The van der Waals surface area contributed by atoms with E-state index in [0.29, 0.717) is 38.0 Å². The number of fused-ring (bicyclic) bond motifs is 2. The lowest BCUT2D eigenvalue weighted by atomic mass is 10.1. The molecule has 0 atom stereocenters. The van der Waals surface area contributed by atoms with Crippen molar-refractivity contribution in [2.45, 2.75) is 31.4 Å². The van der Waals surface area contributed by atoms with Crippen LogP contribution in [-0.2, 0) is 17.1 Å². The van der Waals surface area contributed by atoms with Crippen molar-refractivity contribution < 1.29 is 14.4 Å². The third-order valence-electron chi connectivity index (χ3n) is 6.52. The summed E-state index contributed by atoms with van der Waals surface area (Å²) >= 11 is 2.78. The number of benzene rings is 3. The minimum absolute atomic E-state index is 0.0286. The summed E-state index contributed by atoms with van der Waals surface area (Å²) in [7, 11) is 0. The van der Waals surface area contributed by atoms with E-state index in [2.05, 4.69) is 0 Å². The maximum atomic E-state index is 14.0. The van der Waals surface area contributed by atoms with Gasteiger partial charge in [-0.25, -0.2) is 4.98 Å². The molecule has 0 aliphatic carbocycles. The summed E-state index contributed by atoms with van der Waals surface area (Å²) < 4.78 is 13.3. The molecule has 1 aliphatic rings. The Morgan fingerprint density at radius 1 is 1.10 bits per heavy atom. The Hall–Kier alpha value is -3.99. The molecular weight excluding hydrogens is 534 g/mol. The van der Waals surface area contributed by atoms with Crippen LogP contribution >= 0.6 is 23.1 Å². The first-order valence-corrected chi connectivity index (χ1v) is 14.0. The summed E-state index contributed by atoms with van der Waals surface area (Å²) in [6.07, 6.45) is 0. The molecule has 0 N–H and O–H groups in total. The number of nitrogens with zero attached hydrogens (tertiary/aromatic N) is 3. The van der Waals surface area contributed by atoms with Crippen molar-refractivity contribution in [3.05, 3.63) is 109 Å². The largest absolute Gasteiger partial charge is 0.467 e. The van der Waals surface area contributed by atoms with Crippen LogP contribution in [0.15, 0.2) is 76.7 Å². The summed E-state index contributed by atoms with van der Waals surface area (Å²) in [6.45, 7) is 4.27. The Balaban J connectivity index is 1.50. The van der Waals surface area contributed by atoms with Gasteiger partial charge >= 0.3 is 0 Å². The maximum Gasteiger partial charge on any atom is 0.276 e. The number of thiophene rings is 1. The van der Waals surface area contributed by atoms with Crippen molar-refractivity contribution in [3.8, 4) is 21.9 Å². The molecule has 0 amide bonds. The van der Waals surface area contributed by atoms with Crippen LogP contribution in [0.1, 0.15) is 22.3 Å². The van der Waals surface area contributed by atoms with Crippen LogP contribution in [0, 0.1) is 24.0 Å². The first-order valence-electron chi connectivity index (χ1n) is 12.2. The fraction of sp³-hybridized carbons (Fsp3) is 0.172. The molecule has 0 saturated heterocycles. The quantitative estimate of drug-likeness (QED) is 0.0980. The Labute approximate surface area is 232 Å². The standard InChI is InChI=1S/C29H23N3O5S2/c1-17-8-9-18(2)24(10-17)31-28(33)27-23(13-25(39-27)19-6-4-3-5-7-19)30-29(31)38-15-21-12-22(32(34)35)11-20-14-36-16-37-26(20)21/h3-13H,14-16H2,1-2H3. The predicted molar refractivity (Wildman–Crippen MR) is 153 cm³/mol. The molecule has 0 radical (unpaired) electrons. The number of hydrogen-bond acceptors (Lipinski definition) is 8. The smallest absolute Gasteiger partial charge is 0.276 e. The van der Waals surface area contributed by atoms with Gasteiger partial charge < -0.3 is 9.47 Å². The molecule has 39 heavy (non-hydrogen) atoms. The van der Waals surface area contributed by atoms with E-state index < -0.39 is 4.92 Å². The fourth-order valence-electron chi connectivity index (χ4n) is 4.61. The van der Waals surface area contributed by atoms with Crippen LogP contribution in [-0.4, -0.2) is 21.3 Å². The highest BCUT2D eigenvalue weighted by molar-refractivity contribution is 7.98. The minimum Gasteiger partial charge on any atom is -0.467 e. The molecule has 196 valence electrons. The van der Waals surface area contributed by atoms with E-state index in [-0.39, 0.29) is 24.6 Å². The van der Waals surface area contributed by atoms with Gasteiger partial charge in [0.15, 0.2) is 11.9 Å². The monoisotopic (exact) mass is 557 g/mol. The van der Waals surface area contributed by atoms with Gasteiger partial charge in [0, 0.05) is 33.9 Å². The number of non-ortho nitro benzene ring substituents is 1. The number of ether oxygens (including phenoxy) is 2. The van der Waals surface area contributed by atoms with Gasteiger partial charge in [-0.3, -0.25) is 19.5 Å². The third-order valence-corrected chi connectivity index (χ3v) is 8.67. The van der Waals surface area contributed by atoms with Crippen LogP contribution in [0.3, 0.4) is 0 Å². The lowest BCUT2D eigenvalue weighted by Crippen LogP contribution is -2.21. The molecule has 10 heteroatoms. The summed E-state index contributed by atoms with van der Waals surface area (Å²) in [6, 6.07) is 20.9. The number of nitro benzene ring substituents is 1. The van der Waals surface area contributed by atoms with Gasteiger partial charge in [0.05, 0.1) is 22.7 Å². The Bertz CT molecular complexity index is 1800. The normalized spacial score (nSPS) is 12.8. The number of nitro groups is 1. The van der Waals surface area contributed by atoms with Crippen LogP contribution in [0.5, 0.6) is 5.75 Å². The Kier molecular flexibility index (Phi) is 6.68. The highest BCUT2D eigenvalue weighted by Crippen LogP contribution is 2.38. The summed E-state index contributed by atoms with van der Waals surface area (Å²) in [5.74, 6) is 0.908. The van der Waals surface area contributed by atoms with Crippen molar-refractivity contribution in [3.63, 3.8) is 0 Å². The highest BCUT2D eigenvalue weighted by atomic mass is 32.2. The summed E-state index contributed by atoms with van der Waals surface area (Å²) in [5, 5.41) is 12.1. The van der Waals surface area contributed by atoms with Crippen molar-refractivity contribution >= 4 is 39.0 Å². The van der Waals surface area contributed by atoms with Gasteiger partial charge in [0.1, 0.15) is 10.4 Å². The highest BCUT2D eigenvalue weighted by Gasteiger charge is 2.23. The number of aromatic nitrogens is 2. The molecule has 0 spiro atoms. The molecule has 0 unspecified atom stereocenters. The van der Waals surface area contributed by atoms with Crippen LogP contribution in [0.4, 0.5) is 5.69 Å². The van der Waals surface area contributed by atoms with Gasteiger partial charge in [-0.2, -0.15) is 0 Å². The molecule has 1 aliphatic heterocycles. The van der Waals surface area contributed by atoms with Crippen molar-refractivity contribution in [2.75, 3.05) is 6.79 Å². The topological polar surface area (TPSA) is 96.5 Å². The zero-order valence-corrected chi connectivity index (χ0v) is 22.8. The van der Waals surface area contributed by atoms with Crippen molar-refractivity contribution in [1.82, 2.24) is 9.55 Å². The van der Waals surface area contributed by atoms with E-state index in [4.69, 9.17) is 14.5 Å². The van der Waals surface area contributed by atoms with Gasteiger partial charge in [0.25, 0.3) is 11.2 Å². The average Bonchev–Trinajstić information content (AvgIpc) is 3.38. The van der Waals surface area contributed by atoms with Gasteiger partial charge in [-0.05, 0) is 42.7 Å². The minimum atomic E-state index is -0.421. The van der Waals surface area contributed by atoms with E-state index in [1.807, 2.05) is 68.4 Å². The molecule has 0 bridgehead atoms. The predicted octanol–water partition coefficient (Wildman–Crippen LogP) is 6.80. The van der Waals surface area contributed by atoms with E-state index in [0.717, 1.165) is 27.3 Å². The van der Waals surface area contributed by atoms with E-state index >= 15 is 0 Å². The molecule has 0 saturated carbocycles. The molecule has 2 aromatic heterocycles. The zero-order valence-electron chi connectivity index (χ0n) is 21.2. The molecule has 0 fully saturated rings. The number of aryl methyl sites for hydroxylation is 2. The maximum absolute atomic E-state index is 14.0. The lowest BCUT2D eigenvalue weighted by Gasteiger charge is -2.21. The van der Waals surface area contributed by atoms with Crippen LogP contribution in [0.25, 0.3) is 26.3 Å². The van der Waals surface area contributed by atoms with Gasteiger partial charge in [-0.15, -0.1) is 11.3 Å². The second-order valence-electron chi connectivity index (χ2n) is 9.27. The fourth-order valence-corrected chi connectivity index (χ4v) is 6.61. The number of hydrogen-bond donors (Lipinski definition) is 0. The second-order valence-corrected chi connectivity index (χ2v) is 11.3. The van der Waals surface area contributed by atoms with E-state index in [1.54, 1.807) is 4.57 Å². The van der Waals surface area contributed by atoms with Gasteiger partial charge in [-0.1, -0.05) is 54.2 Å². The SMILES string of the molecule is Cc1ccc(C)c(-n2c(SCc3cc([N+](=O)[O-])cc4c3OCOC4)nc3cc(-c4ccccc4)sc3c2=O)c1.